The van der Waals surface area contributed by atoms with Crippen molar-refractivity contribution in [3.8, 4) is 0 Å². The predicted molar refractivity (Wildman–Crippen MR) is 66.7 cm³/mol. The molecule has 0 fully saturated rings. The summed E-state index contributed by atoms with van der Waals surface area (Å²) in [6.45, 7) is 1.96. The molecule has 0 aliphatic carbocycles. The van der Waals surface area contributed by atoms with Crippen molar-refractivity contribution < 1.29 is 4.39 Å². The van der Waals surface area contributed by atoms with Crippen molar-refractivity contribution in [1.82, 2.24) is 9.55 Å². The number of nitrogens with one attached hydrogen (secondary N) is 1. The Kier molecular flexibility index (Phi) is 3.33. The standard InChI is InChI=1S/C12H13ClFN3/c1-8(12-15-3-4-17(12)2)16-11-6-9(13)5-10(14)7-11/h3-8,16H,1-2H3. The Labute approximate surface area is 104 Å². The Morgan fingerprint density at radius 2 is 2.18 bits per heavy atom. The lowest BCUT2D eigenvalue weighted by molar-refractivity contribution is 0.627. The quantitative estimate of drug-likeness (QED) is 0.909. The number of hydrogen-bond donors (Lipinski definition) is 1. The second-order valence-electron chi connectivity index (χ2n) is 3.92. The van der Waals surface area contributed by atoms with Gasteiger partial charge in [0.2, 0.25) is 0 Å². The molecule has 1 aromatic heterocycles. The molecule has 0 saturated carbocycles. The van der Waals surface area contributed by atoms with E-state index in [4.69, 9.17) is 11.6 Å². The molecule has 0 bridgehead atoms. The fraction of sp³-hybridized carbons (Fsp3) is 0.250. The summed E-state index contributed by atoms with van der Waals surface area (Å²) in [4.78, 5) is 4.23. The molecule has 3 nitrogen and oxygen atoms in total. The van der Waals surface area contributed by atoms with Crippen LogP contribution in [0, 0.1) is 5.82 Å². The number of rotatable bonds is 3. The summed E-state index contributed by atoms with van der Waals surface area (Å²) in [7, 11) is 1.92. The van der Waals surface area contributed by atoms with Crippen molar-refractivity contribution >= 4 is 17.3 Å². The minimum Gasteiger partial charge on any atom is -0.375 e. The molecular weight excluding hydrogens is 241 g/mol. The number of aromatic nitrogens is 2. The summed E-state index contributed by atoms with van der Waals surface area (Å²) in [5, 5.41) is 3.53. The van der Waals surface area contributed by atoms with Gasteiger partial charge in [-0.25, -0.2) is 9.37 Å². The van der Waals surface area contributed by atoms with Crippen LogP contribution in [-0.2, 0) is 7.05 Å². The number of imidazole rings is 1. The van der Waals surface area contributed by atoms with Crippen molar-refractivity contribution in [1.29, 1.82) is 0 Å². The summed E-state index contributed by atoms with van der Waals surface area (Å²) in [5.74, 6) is 0.525. The highest BCUT2D eigenvalue weighted by Gasteiger charge is 2.10. The van der Waals surface area contributed by atoms with Crippen LogP contribution in [0.25, 0.3) is 0 Å². The first-order valence-corrected chi connectivity index (χ1v) is 5.64. The molecule has 17 heavy (non-hydrogen) atoms. The fourth-order valence-electron chi connectivity index (χ4n) is 1.75. The van der Waals surface area contributed by atoms with Gasteiger partial charge in [-0.2, -0.15) is 0 Å². The van der Waals surface area contributed by atoms with Gasteiger partial charge in [-0.05, 0) is 25.1 Å². The first kappa shape index (κ1) is 11.9. The van der Waals surface area contributed by atoms with Gasteiger partial charge in [-0.3, -0.25) is 0 Å². The van der Waals surface area contributed by atoms with Crippen molar-refractivity contribution in [2.75, 3.05) is 5.32 Å². The Hall–Kier alpha value is -1.55. The van der Waals surface area contributed by atoms with Gasteiger partial charge in [0.15, 0.2) is 0 Å². The van der Waals surface area contributed by atoms with E-state index in [0.29, 0.717) is 10.7 Å². The number of hydrogen-bond acceptors (Lipinski definition) is 2. The van der Waals surface area contributed by atoms with Gasteiger partial charge in [0.05, 0.1) is 6.04 Å². The maximum absolute atomic E-state index is 13.2. The van der Waals surface area contributed by atoms with E-state index in [1.54, 1.807) is 12.3 Å². The number of nitrogens with zero attached hydrogens (tertiary/aromatic N) is 2. The summed E-state index contributed by atoms with van der Waals surface area (Å²) in [6.07, 6.45) is 3.60. The van der Waals surface area contributed by atoms with Crippen molar-refractivity contribution in [3.05, 3.63) is 47.3 Å². The molecule has 1 atom stereocenters. The maximum Gasteiger partial charge on any atom is 0.130 e. The van der Waals surface area contributed by atoms with Crippen LogP contribution in [-0.4, -0.2) is 9.55 Å². The van der Waals surface area contributed by atoms with Crippen LogP contribution in [0.1, 0.15) is 18.8 Å². The molecule has 5 heteroatoms. The Morgan fingerprint density at radius 3 is 2.76 bits per heavy atom. The molecule has 90 valence electrons. The smallest absolute Gasteiger partial charge is 0.130 e. The van der Waals surface area contributed by atoms with Gasteiger partial charge < -0.3 is 9.88 Å². The number of anilines is 1. The van der Waals surface area contributed by atoms with Gasteiger partial charge in [0.25, 0.3) is 0 Å². The van der Waals surface area contributed by atoms with E-state index in [2.05, 4.69) is 10.3 Å². The normalized spacial score (nSPS) is 12.5. The van der Waals surface area contributed by atoms with E-state index in [1.807, 2.05) is 24.7 Å². The number of benzene rings is 1. The van der Waals surface area contributed by atoms with Gasteiger partial charge in [0, 0.05) is 30.2 Å². The molecule has 1 unspecified atom stereocenters. The first-order valence-electron chi connectivity index (χ1n) is 5.26. The molecule has 0 radical (unpaired) electrons. The molecule has 0 amide bonds. The lowest BCUT2D eigenvalue weighted by atomic mass is 10.2. The number of aryl methyl sites for hydroxylation is 1. The highest BCUT2D eigenvalue weighted by atomic mass is 35.5. The molecule has 2 rings (SSSR count). The van der Waals surface area contributed by atoms with Crippen LogP contribution >= 0.6 is 11.6 Å². The Bertz CT molecular complexity index is 504. The summed E-state index contributed by atoms with van der Waals surface area (Å²) in [6, 6.07) is 4.35. The lowest BCUT2D eigenvalue weighted by Crippen LogP contribution is -2.11. The SMILES string of the molecule is CC(Nc1cc(F)cc(Cl)c1)c1nccn1C. The third-order valence-corrected chi connectivity index (χ3v) is 2.71. The average molecular weight is 254 g/mol. The summed E-state index contributed by atoms with van der Waals surface area (Å²) >= 11 is 5.79. The zero-order valence-corrected chi connectivity index (χ0v) is 10.4. The van der Waals surface area contributed by atoms with Gasteiger partial charge in [-0.1, -0.05) is 11.6 Å². The molecule has 1 N–H and O–H groups in total. The zero-order valence-electron chi connectivity index (χ0n) is 9.61. The molecule has 1 aromatic carbocycles. The fourth-order valence-corrected chi connectivity index (χ4v) is 1.97. The lowest BCUT2D eigenvalue weighted by Gasteiger charge is -2.15. The molecule has 1 heterocycles. The van der Waals surface area contributed by atoms with Gasteiger partial charge in [-0.15, -0.1) is 0 Å². The molecule has 0 saturated heterocycles. The Balaban J connectivity index is 2.18. The predicted octanol–water partition coefficient (Wildman–Crippen LogP) is 3.39. The van der Waals surface area contributed by atoms with Crippen LogP contribution in [0.4, 0.5) is 10.1 Å². The topological polar surface area (TPSA) is 29.9 Å². The third-order valence-electron chi connectivity index (χ3n) is 2.49. The van der Waals surface area contributed by atoms with Gasteiger partial charge in [0.1, 0.15) is 11.6 Å². The molecule has 2 aromatic rings. The van der Waals surface area contributed by atoms with Crippen molar-refractivity contribution in [2.24, 2.45) is 7.05 Å². The van der Waals surface area contributed by atoms with E-state index < -0.39 is 0 Å². The Morgan fingerprint density at radius 1 is 1.41 bits per heavy atom. The van der Waals surface area contributed by atoms with E-state index in [9.17, 15) is 4.39 Å². The van der Waals surface area contributed by atoms with Crippen LogP contribution in [0.15, 0.2) is 30.6 Å². The van der Waals surface area contributed by atoms with E-state index in [0.717, 1.165) is 5.82 Å². The van der Waals surface area contributed by atoms with E-state index >= 15 is 0 Å². The zero-order chi connectivity index (χ0) is 12.4. The third kappa shape index (κ3) is 2.77. The van der Waals surface area contributed by atoms with E-state index in [1.165, 1.54) is 12.1 Å². The second-order valence-corrected chi connectivity index (χ2v) is 4.36. The average Bonchev–Trinajstić information content (AvgIpc) is 2.62. The minimum atomic E-state index is -0.355. The monoisotopic (exact) mass is 253 g/mol. The molecule has 0 aliphatic rings. The van der Waals surface area contributed by atoms with Crippen LogP contribution in [0.2, 0.25) is 5.02 Å². The maximum atomic E-state index is 13.2. The molecular formula is C12H13ClFN3. The second kappa shape index (κ2) is 4.75. The van der Waals surface area contributed by atoms with Crippen LogP contribution in [0.5, 0.6) is 0 Å². The summed E-state index contributed by atoms with van der Waals surface area (Å²) in [5.41, 5.74) is 0.644. The molecule has 0 spiro atoms. The minimum absolute atomic E-state index is 0.0205. The largest absolute Gasteiger partial charge is 0.375 e. The van der Waals surface area contributed by atoms with Crippen molar-refractivity contribution in [3.63, 3.8) is 0 Å². The van der Waals surface area contributed by atoms with E-state index in [-0.39, 0.29) is 11.9 Å². The first-order chi connectivity index (χ1) is 8.06. The van der Waals surface area contributed by atoms with Crippen LogP contribution < -0.4 is 5.32 Å². The van der Waals surface area contributed by atoms with Crippen molar-refractivity contribution in [2.45, 2.75) is 13.0 Å². The molecule has 0 aliphatic heterocycles. The van der Waals surface area contributed by atoms with Gasteiger partial charge >= 0.3 is 0 Å². The highest BCUT2D eigenvalue weighted by molar-refractivity contribution is 6.30. The van der Waals surface area contributed by atoms with Crippen LogP contribution in [0.3, 0.4) is 0 Å². The highest BCUT2D eigenvalue weighted by Crippen LogP contribution is 2.22. The number of halogens is 2. The summed E-state index contributed by atoms with van der Waals surface area (Å²) < 4.78 is 15.1.